The van der Waals surface area contributed by atoms with E-state index in [-0.39, 0.29) is 12.4 Å². The molecule has 4 heterocycles. The zero-order valence-corrected chi connectivity index (χ0v) is 19.2. The van der Waals surface area contributed by atoms with Crippen LogP contribution < -0.4 is 19.8 Å². The predicted molar refractivity (Wildman–Crippen MR) is 134 cm³/mol. The number of ether oxygens (including phenoxy) is 3. The average Bonchev–Trinajstić information content (AvgIpc) is 3.51. The largest absolute Gasteiger partial charge is 0.497 e. The van der Waals surface area contributed by atoms with Crippen LogP contribution in [0.25, 0.3) is 38.9 Å². The molecule has 0 saturated carbocycles. The Labute approximate surface area is 204 Å². The van der Waals surface area contributed by atoms with Crippen molar-refractivity contribution in [2.75, 3.05) is 13.9 Å². The standard InChI is InChI=1S/C27H19N5O4/c1-34-18-9-7-17(8-10-18)32-25-23(24-26(32)30-20-5-3-2-4-19(20)29-24)27(33)31(14-28-25)13-16-6-11-21-22(12-16)36-15-35-21/h2-12,14H,13,15H2,1H3. The molecule has 9 heteroatoms. The van der Waals surface area contributed by atoms with Crippen molar-refractivity contribution in [1.82, 2.24) is 24.1 Å². The third-order valence-electron chi connectivity index (χ3n) is 6.35. The second kappa shape index (κ2) is 7.81. The summed E-state index contributed by atoms with van der Waals surface area (Å²) in [6, 6.07) is 20.8. The molecule has 176 valence electrons. The van der Waals surface area contributed by atoms with Gasteiger partial charge in [-0.05, 0) is 54.1 Å². The van der Waals surface area contributed by atoms with E-state index in [1.54, 1.807) is 18.0 Å². The van der Waals surface area contributed by atoms with E-state index in [0.29, 0.717) is 45.8 Å². The summed E-state index contributed by atoms with van der Waals surface area (Å²) >= 11 is 0. The quantitative estimate of drug-likeness (QED) is 0.378. The van der Waals surface area contributed by atoms with Crippen molar-refractivity contribution in [3.63, 3.8) is 0 Å². The fraction of sp³-hybridized carbons (Fsp3) is 0.111. The lowest BCUT2D eigenvalue weighted by Crippen LogP contribution is -2.21. The Morgan fingerprint density at radius 1 is 0.917 bits per heavy atom. The molecule has 36 heavy (non-hydrogen) atoms. The Kier molecular flexibility index (Phi) is 4.44. The molecule has 0 unspecified atom stereocenters. The molecule has 0 spiro atoms. The average molecular weight is 477 g/mol. The van der Waals surface area contributed by atoms with Crippen LogP contribution in [0.3, 0.4) is 0 Å². The molecule has 9 nitrogen and oxygen atoms in total. The smallest absolute Gasteiger partial charge is 0.265 e. The van der Waals surface area contributed by atoms with Gasteiger partial charge in [-0.15, -0.1) is 0 Å². The van der Waals surface area contributed by atoms with E-state index in [0.717, 1.165) is 22.5 Å². The van der Waals surface area contributed by atoms with Crippen LogP contribution in [-0.2, 0) is 6.54 Å². The molecule has 6 aromatic rings. The minimum atomic E-state index is -0.195. The first kappa shape index (κ1) is 20.5. The Hall–Kier alpha value is -4.92. The summed E-state index contributed by atoms with van der Waals surface area (Å²) in [5, 5.41) is 0.419. The zero-order chi connectivity index (χ0) is 24.2. The lowest BCUT2D eigenvalue weighted by Gasteiger charge is -2.09. The van der Waals surface area contributed by atoms with Crippen molar-refractivity contribution >= 4 is 33.2 Å². The number of fused-ring (bicyclic) bond motifs is 5. The Morgan fingerprint density at radius 2 is 1.69 bits per heavy atom. The van der Waals surface area contributed by atoms with Gasteiger partial charge in [-0.3, -0.25) is 13.9 Å². The van der Waals surface area contributed by atoms with Gasteiger partial charge in [-0.25, -0.2) is 15.0 Å². The van der Waals surface area contributed by atoms with Crippen LogP contribution in [0.1, 0.15) is 5.56 Å². The molecular formula is C27H19N5O4. The van der Waals surface area contributed by atoms with E-state index in [1.165, 1.54) is 0 Å². The number of para-hydroxylation sites is 2. The first-order valence-corrected chi connectivity index (χ1v) is 11.4. The summed E-state index contributed by atoms with van der Waals surface area (Å²) < 4.78 is 19.7. The highest BCUT2D eigenvalue weighted by Gasteiger charge is 2.21. The number of hydrogen-bond donors (Lipinski definition) is 0. The number of methoxy groups -OCH3 is 1. The van der Waals surface area contributed by atoms with Gasteiger partial charge in [0.05, 0.1) is 24.7 Å². The normalized spacial score (nSPS) is 12.6. The lowest BCUT2D eigenvalue weighted by molar-refractivity contribution is 0.174. The van der Waals surface area contributed by atoms with Crippen LogP contribution in [0.4, 0.5) is 0 Å². The molecule has 0 aliphatic carbocycles. The van der Waals surface area contributed by atoms with Crippen LogP contribution in [-0.4, -0.2) is 38.0 Å². The molecule has 0 fully saturated rings. The van der Waals surface area contributed by atoms with E-state index in [2.05, 4.69) is 0 Å². The molecule has 0 radical (unpaired) electrons. The highest BCUT2D eigenvalue weighted by Crippen LogP contribution is 2.33. The maximum atomic E-state index is 13.8. The van der Waals surface area contributed by atoms with Crippen LogP contribution in [0.5, 0.6) is 17.2 Å². The molecule has 1 aliphatic heterocycles. The van der Waals surface area contributed by atoms with Crippen molar-refractivity contribution in [3.05, 3.63) is 89.0 Å². The summed E-state index contributed by atoms with van der Waals surface area (Å²) in [6.45, 7) is 0.526. The van der Waals surface area contributed by atoms with E-state index in [1.807, 2.05) is 71.3 Å². The van der Waals surface area contributed by atoms with Crippen molar-refractivity contribution in [3.8, 4) is 22.9 Å². The first-order valence-electron chi connectivity index (χ1n) is 11.4. The molecule has 3 aromatic carbocycles. The minimum Gasteiger partial charge on any atom is -0.497 e. The van der Waals surface area contributed by atoms with Crippen molar-refractivity contribution in [2.24, 2.45) is 0 Å². The van der Waals surface area contributed by atoms with Crippen LogP contribution >= 0.6 is 0 Å². The third kappa shape index (κ3) is 3.09. The van der Waals surface area contributed by atoms with E-state index >= 15 is 0 Å². The molecule has 0 bridgehead atoms. The third-order valence-corrected chi connectivity index (χ3v) is 6.35. The van der Waals surface area contributed by atoms with Gasteiger partial charge in [0.2, 0.25) is 6.79 Å². The molecule has 0 amide bonds. The molecular weight excluding hydrogens is 458 g/mol. The lowest BCUT2D eigenvalue weighted by atomic mass is 10.2. The van der Waals surface area contributed by atoms with Gasteiger partial charge in [0, 0.05) is 5.69 Å². The number of benzene rings is 3. The summed E-state index contributed by atoms with van der Waals surface area (Å²) in [4.78, 5) is 28.3. The van der Waals surface area contributed by atoms with Gasteiger partial charge < -0.3 is 14.2 Å². The fourth-order valence-corrected chi connectivity index (χ4v) is 4.60. The van der Waals surface area contributed by atoms with Crippen LogP contribution in [0, 0.1) is 0 Å². The summed E-state index contributed by atoms with van der Waals surface area (Å²) in [5.74, 6) is 2.10. The van der Waals surface area contributed by atoms with E-state index in [9.17, 15) is 4.79 Å². The molecule has 3 aromatic heterocycles. The van der Waals surface area contributed by atoms with Crippen LogP contribution in [0.15, 0.2) is 77.9 Å². The molecule has 1 aliphatic rings. The second-order valence-electron chi connectivity index (χ2n) is 8.48. The Morgan fingerprint density at radius 3 is 2.50 bits per heavy atom. The number of rotatable bonds is 4. The van der Waals surface area contributed by atoms with Gasteiger partial charge in [-0.1, -0.05) is 18.2 Å². The fourth-order valence-electron chi connectivity index (χ4n) is 4.60. The van der Waals surface area contributed by atoms with Gasteiger partial charge in [0.1, 0.15) is 23.0 Å². The minimum absolute atomic E-state index is 0.195. The Bertz CT molecular complexity index is 1860. The van der Waals surface area contributed by atoms with Gasteiger partial charge in [-0.2, -0.15) is 0 Å². The Balaban J connectivity index is 1.47. The summed E-state index contributed by atoms with van der Waals surface area (Å²) in [7, 11) is 1.62. The zero-order valence-electron chi connectivity index (χ0n) is 19.2. The number of aromatic nitrogens is 5. The topological polar surface area (TPSA) is 93.3 Å². The number of hydrogen-bond acceptors (Lipinski definition) is 7. The highest BCUT2D eigenvalue weighted by molar-refractivity contribution is 6.05. The summed E-state index contributed by atoms with van der Waals surface area (Å²) in [5.41, 5.74) is 4.54. The monoisotopic (exact) mass is 477 g/mol. The second-order valence-corrected chi connectivity index (χ2v) is 8.48. The van der Waals surface area contributed by atoms with E-state index in [4.69, 9.17) is 29.2 Å². The van der Waals surface area contributed by atoms with Crippen LogP contribution in [0.2, 0.25) is 0 Å². The van der Waals surface area contributed by atoms with Crippen molar-refractivity contribution < 1.29 is 14.2 Å². The number of nitrogens with zero attached hydrogens (tertiary/aromatic N) is 5. The predicted octanol–water partition coefficient (Wildman–Crippen LogP) is 4.07. The van der Waals surface area contributed by atoms with Gasteiger partial charge in [0.25, 0.3) is 5.56 Å². The van der Waals surface area contributed by atoms with Gasteiger partial charge >= 0.3 is 0 Å². The van der Waals surface area contributed by atoms with E-state index < -0.39 is 0 Å². The molecule has 7 rings (SSSR count). The SMILES string of the molecule is COc1ccc(-n2c3nc4ccccc4nc3c3c(=O)n(Cc4ccc5c(c4)OCO5)cnc32)cc1. The summed E-state index contributed by atoms with van der Waals surface area (Å²) in [6.07, 6.45) is 1.56. The van der Waals surface area contributed by atoms with Crippen molar-refractivity contribution in [2.45, 2.75) is 6.54 Å². The van der Waals surface area contributed by atoms with Crippen molar-refractivity contribution in [1.29, 1.82) is 0 Å². The van der Waals surface area contributed by atoms with Gasteiger partial charge in [0.15, 0.2) is 22.8 Å². The molecule has 0 atom stereocenters. The molecule has 0 N–H and O–H groups in total. The maximum absolute atomic E-state index is 13.8. The highest BCUT2D eigenvalue weighted by atomic mass is 16.7. The first-order chi connectivity index (χ1) is 17.7. The maximum Gasteiger partial charge on any atom is 0.265 e. The molecule has 0 saturated heterocycles.